The minimum absolute atomic E-state index is 0.0196. The second kappa shape index (κ2) is 6.14. The predicted molar refractivity (Wildman–Crippen MR) is 93.2 cm³/mol. The van der Waals surface area contributed by atoms with Crippen LogP contribution in [-0.4, -0.2) is 16.0 Å². The van der Waals surface area contributed by atoms with Crippen molar-refractivity contribution in [1.29, 1.82) is 0 Å². The first kappa shape index (κ1) is 15.5. The highest BCUT2D eigenvalue weighted by molar-refractivity contribution is 7.07. The first-order valence-electron chi connectivity index (χ1n) is 7.73. The Labute approximate surface area is 145 Å². The van der Waals surface area contributed by atoms with E-state index in [-0.39, 0.29) is 11.2 Å². The Morgan fingerprint density at radius 3 is 2.92 bits per heavy atom. The van der Waals surface area contributed by atoms with Gasteiger partial charge in [0.25, 0.3) is 11.2 Å². The minimum atomic E-state index is -0.442. The summed E-state index contributed by atoms with van der Waals surface area (Å²) in [5.74, 6) is 0.870. The predicted octanol–water partition coefficient (Wildman–Crippen LogP) is 1.93. The highest BCUT2D eigenvalue weighted by Crippen LogP contribution is 2.30. The minimum Gasteiger partial charge on any atom is -0.456 e. The number of rotatable bonds is 3. The Morgan fingerprint density at radius 1 is 1.28 bits per heavy atom. The van der Waals surface area contributed by atoms with Crippen molar-refractivity contribution in [1.82, 2.24) is 4.57 Å². The molecule has 0 N–H and O–H groups in total. The van der Waals surface area contributed by atoms with E-state index < -0.39 is 4.92 Å². The molecule has 7 nitrogen and oxygen atoms in total. The van der Waals surface area contributed by atoms with E-state index in [9.17, 15) is 14.9 Å². The smallest absolute Gasteiger partial charge is 0.280 e. The molecule has 8 heteroatoms. The fraction of sp³-hybridized carbons (Fsp3) is 0.176. The number of thiazole rings is 1. The molecule has 0 radical (unpaired) electrons. The summed E-state index contributed by atoms with van der Waals surface area (Å²) in [6.45, 7) is 1.42. The molecule has 0 atom stereocenters. The number of nitro benzene ring substituents is 1. The second-order valence-electron chi connectivity index (χ2n) is 5.56. The van der Waals surface area contributed by atoms with Crippen LogP contribution in [0.15, 0.2) is 50.6 Å². The number of benzene rings is 1. The molecule has 0 fully saturated rings. The van der Waals surface area contributed by atoms with Crippen LogP contribution < -0.4 is 14.9 Å². The Kier molecular flexibility index (Phi) is 3.81. The van der Waals surface area contributed by atoms with Crippen molar-refractivity contribution in [2.75, 3.05) is 6.54 Å². The van der Waals surface area contributed by atoms with E-state index in [1.807, 2.05) is 0 Å². The maximum absolute atomic E-state index is 12.4. The van der Waals surface area contributed by atoms with Crippen molar-refractivity contribution in [3.05, 3.63) is 72.0 Å². The lowest BCUT2D eigenvalue weighted by atomic mass is 10.1. The number of nitro groups is 1. The number of hydrogen-bond acceptors (Lipinski definition) is 6. The molecule has 0 aliphatic carbocycles. The third kappa shape index (κ3) is 2.80. The molecule has 0 saturated heterocycles. The Balaban J connectivity index is 1.78. The van der Waals surface area contributed by atoms with Gasteiger partial charge in [-0.3, -0.25) is 24.5 Å². The standard InChI is InChI=1S/C17H13N3O4S/c21-16-15(25-17-18-8-3-9-19(16)17)10-11-6-7-14(24-11)12-4-1-2-5-13(12)20(22)23/h1-2,4-7,10H,3,8-9H2/b15-10-. The summed E-state index contributed by atoms with van der Waals surface area (Å²) in [6, 6.07) is 9.77. The summed E-state index contributed by atoms with van der Waals surface area (Å²) in [7, 11) is 0. The van der Waals surface area contributed by atoms with E-state index in [0.717, 1.165) is 17.8 Å². The summed E-state index contributed by atoms with van der Waals surface area (Å²) in [5, 5.41) is 11.2. The average Bonchev–Trinajstić information content (AvgIpc) is 3.21. The van der Waals surface area contributed by atoms with Crippen molar-refractivity contribution in [2.45, 2.75) is 13.0 Å². The first-order valence-corrected chi connectivity index (χ1v) is 8.54. The lowest BCUT2D eigenvalue weighted by Gasteiger charge is -2.03. The molecule has 0 bridgehead atoms. The van der Waals surface area contributed by atoms with Crippen LogP contribution >= 0.6 is 11.3 Å². The molecule has 1 aliphatic heterocycles. The van der Waals surface area contributed by atoms with Crippen LogP contribution in [0.25, 0.3) is 17.4 Å². The summed E-state index contributed by atoms with van der Waals surface area (Å²) < 4.78 is 7.94. The lowest BCUT2D eigenvalue weighted by Crippen LogP contribution is -2.33. The van der Waals surface area contributed by atoms with Crippen molar-refractivity contribution < 1.29 is 9.34 Å². The van der Waals surface area contributed by atoms with E-state index >= 15 is 0 Å². The Morgan fingerprint density at radius 2 is 2.12 bits per heavy atom. The van der Waals surface area contributed by atoms with Crippen LogP contribution in [0.4, 0.5) is 5.69 Å². The summed E-state index contributed by atoms with van der Waals surface area (Å²) in [5.41, 5.74) is 0.310. The van der Waals surface area contributed by atoms with Gasteiger partial charge in [0.1, 0.15) is 11.5 Å². The molecule has 2 aromatic heterocycles. The molecule has 126 valence electrons. The van der Waals surface area contributed by atoms with Crippen molar-refractivity contribution in [2.24, 2.45) is 4.99 Å². The molecular weight excluding hydrogens is 342 g/mol. The number of hydrogen-bond donors (Lipinski definition) is 0. The van der Waals surface area contributed by atoms with Crippen LogP contribution in [-0.2, 0) is 6.54 Å². The van der Waals surface area contributed by atoms with Gasteiger partial charge in [-0.05, 0) is 24.6 Å². The number of fused-ring (bicyclic) bond motifs is 1. The third-order valence-corrected chi connectivity index (χ3v) is 4.99. The van der Waals surface area contributed by atoms with Crippen LogP contribution in [0.2, 0.25) is 0 Å². The second-order valence-corrected chi connectivity index (χ2v) is 6.57. The molecular formula is C17H13N3O4S. The molecule has 25 heavy (non-hydrogen) atoms. The van der Waals surface area contributed by atoms with Crippen LogP contribution in [0.3, 0.4) is 0 Å². The van der Waals surface area contributed by atoms with E-state index in [2.05, 4.69) is 4.99 Å². The summed E-state index contributed by atoms with van der Waals surface area (Å²) in [6.07, 6.45) is 2.53. The molecule has 0 unspecified atom stereocenters. The topological polar surface area (TPSA) is 90.6 Å². The average molecular weight is 355 g/mol. The van der Waals surface area contributed by atoms with Gasteiger partial charge in [0, 0.05) is 25.2 Å². The van der Waals surface area contributed by atoms with Gasteiger partial charge in [0.2, 0.25) is 0 Å². The zero-order chi connectivity index (χ0) is 17.4. The third-order valence-electron chi connectivity index (χ3n) is 3.94. The van der Waals surface area contributed by atoms with Gasteiger partial charge in [-0.1, -0.05) is 23.5 Å². The Hall–Kier alpha value is -3.00. The van der Waals surface area contributed by atoms with Crippen LogP contribution in [0.5, 0.6) is 0 Å². The van der Waals surface area contributed by atoms with Crippen molar-refractivity contribution in [3.8, 4) is 11.3 Å². The maximum atomic E-state index is 12.4. The monoisotopic (exact) mass is 355 g/mol. The maximum Gasteiger partial charge on any atom is 0.280 e. The number of furan rings is 1. The summed E-state index contributed by atoms with van der Waals surface area (Å²) in [4.78, 5) is 28.2. The van der Waals surface area contributed by atoms with E-state index in [0.29, 0.717) is 28.2 Å². The molecule has 0 amide bonds. The molecule has 3 aromatic rings. The molecule has 1 aromatic carbocycles. The zero-order valence-electron chi connectivity index (χ0n) is 13.0. The highest BCUT2D eigenvalue weighted by Gasteiger charge is 2.17. The Bertz CT molecular complexity index is 1140. The van der Waals surface area contributed by atoms with Crippen LogP contribution in [0, 0.1) is 10.1 Å². The fourth-order valence-corrected chi connectivity index (χ4v) is 3.78. The van der Waals surface area contributed by atoms with Gasteiger partial charge >= 0.3 is 0 Å². The van der Waals surface area contributed by atoms with Crippen molar-refractivity contribution in [3.63, 3.8) is 0 Å². The summed E-state index contributed by atoms with van der Waals surface area (Å²) >= 11 is 1.33. The van der Waals surface area contributed by atoms with Gasteiger partial charge < -0.3 is 4.42 Å². The quantitative estimate of drug-likeness (QED) is 0.530. The highest BCUT2D eigenvalue weighted by atomic mass is 32.1. The molecule has 0 spiro atoms. The molecule has 0 saturated carbocycles. The molecule has 1 aliphatic rings. The normalized spacial score (nSPS) is 14.2. The number of nitrogens with zero attached hydrogens (tertiary/aromatic N) is 3. The van der Waals surface area contributed by atoms with E-state index in [4.69, 9.17) is 4.42 Å². The zero-order valence-corrected chi connectivity index (χ0v) is 13.9. The SMILES string of the molecule is O=c1/c(=C/c2ccc(-c3ccccc3[N+](=O)[O-])o2)sc2n1CCCN=2. The van der Waals surface area contributed by atoms with Gasteiger partial charge in [0.15, 0.2) is 4.80 Å². The molecule has 3 heterocycles. The van der Waals surface area contributed by atoms with Crippen LogP contribution in [0.1, 0.15) is 12.2 Å². The van der Waals surface area contributed by atoms with Gasteiger partial charge in [-0.2, -0.15) is 0 Å². The van der Waals surface area contributed by atoms with Gasteiger partial charge in [0.05, 0.1) is 15.0 Å². The first-order chi connectivity index (χ1) is 12.1. The number of para-hydroxylation sites is 1. The van der Waals surface area contributed by atoms with E-state index in [1.165, 1.54) is 17.4 Å². The fourth-order valence-electron chi connectivity index (χ4n) is 2.77. The van der Waals surface area contributed by atoms with Gasteiger partial charge in [-0.15, -0.1) is 0 Å². The van der Waals surface area contributed by atoms with E-state index in [1.54, 1.807) is 41.0 Å². The lowest BCUT2D eigenvalue weighted by molar-refractivity contribution is -0.384. The van der Waals surface area contributed by atoms with Crippen molar-refractivity contribution >= 4 is 23.1 Å². The molecule has 4 rings (SSSR count). The number of aromatic nitrogens is 1. The largest absolute Gasteiger partial charge is 0.456 e. The van der Waals surface area contributed by atoms with Gasteiger partial charge in [-0.25, -0.2) is 0 Å².